The van der Waals surface area contributed by atoms with Crippen LogP contribution in [0.1, 0.15) is 5.56 Å². The van der Waals surface area contributed by atoms with E-state index < -0.39 is 0 Å². The van der Waals surface area contributed by atoms with Crippen LogP contribution in [0.3, 0.4) is 0 Å². The Morgan fingerprint density at radius 2 is 1.80 bits per heavy atom. The van der Waals surface area contributed by atoms with Crippen molar-refractivity contribution in [2.45, 2.75) is 0 Å². The van der Waals surface area contributed by atoms with Crippen molar-refractivity contribution < 1.29 is 4.79 Å². The van der Waals surface area contributed by atoms with Gasteiger partial charge in [-0.25, -0.2) is 0 Å². The first kappa shape index (κ1) is 9.99. The molecular formula is C13H10OS. The smallest absolute Gasteiger partial charge is 0.209 e. The Morgan fingerprint density at radius 1 is 1.07 bits per heavy atom. The van der Waals surface area contributed by atoms with Crippen molar-refractivity contribution in [1.29, 1.82) is 0 Å². The maximum Gasteiger partial charge on any atom is 0.209 e. The number of thiol groups is 1. The molecule has 2 aromatic carbocycles. The lowest BCUT2D eigenvalue weighted by atomic mass is 10.0. The van der Waals surface area contributed by atoms with Gasteiger partial charge >= 0.3 is 0 Å². The van der Waals surface area contributed by atoms with Crippen LogP contribution in [0.15, 0.2) is 48.5 Å². The van der Waals surface area contributed by atoms with E-state index >= 15 is 0 Å². The van der Waals surface area contributed by atoms with E-state index in [-0.39, 0.29) is 5.12 Å². The van der Waals surface area contributed by atoms with E-state index in [0.717, 1.165) is 10.9 Å². The Labute approximate surface area is 93.8 Å². The maximum absolute atomic E-state index is 10.7. The molecule has 1 nitrogen and oxygen atoms in total. The number of benzene rings is 2. The topological polar surface area (TPSA) is 17.1 Å². The van der Waals surface area contributed by atoms with Crippen LogP contribution in [0.5, 0.6) is 0 Å². The predicted molar refractivity (Wildman–Crippen MR) is 67.0 cm³/mol. The summed E-state index contributed by atoms with van der Waals surface area (Å²) >= 11 is 3.70. The summed E-state index contributed by atoms with van der Waals surface area (Å²) in [5.74, 6) is 0. The van der Waals surface area contributed by atoms with Gasteiger partial charge in [0.2, 0.25) is 5.12 Å². The van der Waals surface area contributed by atoms with Gasteiger partial charge in [-0.15, -0.1) is 12.6 Å². The summed E-state index contributed by atoms with van der Waals surface area (Å²) in [7, 11) is 0. The molecule has 0 N–H and O–H groups in total. The lowest BCUT2D eigenvalue weighted by molar-refractivity contribution is -0.106. The molecule has 0 radical (unpaired) electrons. The van der Waals surface area contributed by atoms with Crippen LogP contribution < -0.4 is 0 Å². The lowest BCUT2D eigenvalue weighted by Gasteiger charge is -2.00. The Hall–Kier alpha value is -1.54. The highest BCUT2D eigenvalue weighted by Gasteiger charge is 1.96. The SMILES string of the molecule is O=C(S)/C=C/c1cccc2ccccc12. The Kier molecular flexibility index (Phi) is 2.88. The van der Waals surface area contributed by atoms with E-state index in [4.69, 9.17) is 0 Å². The molecule has 2 aromatic rings. The molecule has 2 rings (SSSR count). The second-order valence-electron chi connectivity index (χ2n) is 3.24. The zero-order valence-corrected chi connectivity index (χ0v) is 8.95. The van der Waals surface area contributed by atoms with E-state index in [1.165, 1.54) is 11.5 Å². The minimum absolute atomic E-state index is 0.233. The molecule has 0 saturated carbocycles. The Morgan fingerprint density at radius 3 is 2.60 bits per heavy atom. The van der Waals surface area contributed by atoms with Gasteiger partial charge < -0.3 is 0 Å². The van der Waals surface area contributed by atoms with Gasteiger partial charge in [0.15, 0.2) is 0 Å². The van der Waals surface area contributed by atoms with Crippen LogP contribution in [-0.2, 0) is 4.79 Å². The van der Waals surface area contributed by atoms with E-state index in [1.807, 2.05) is 30.3 Å². The summed E-state index contributed by atoms with van der Waals surface area (Å²) < 4.78 is 0. The average Bonchev–Trinajstić information content (AvgIpc) is 2.26. The van der Waals surface area contributed by atoms with Gasteiger partial charge in [0.05, 0.1) is 0 Å². The van der Waals surface area contributed by atoms with Crippen LogP contribution in [-0.4, -0.2) is 5.12 Å². The summed E-state index contributed by atoms with van der Waals surface area (Å²) in [4.78, 5) is 10.7. The fourth-order valence-corrected chi connectivity index (χ4v) is 1.63. The Balaban J connectivity index is 2.56. The van der Waals surface area contributed by atoms with Crippen molar-refractivity contribution in [3.8, 4) is 0 Å². The van der Waals surface area contributed by atoms with Gasteiger partial charge in [-0.3, -0.25) is 4.79 Å². The highest BCUT2D eigenvalue weighted by molar-refractivity contribution is 7.97. The quantitative estimate of drug-likeness (QED) is 0.599. The third-order valence-electron chi connectivity index (χ3n) is 2.23. The normalized spacial score (nSPS) is 11.0. The van der Waals surface area contributed by atoms with Gasteiger partial charge in [0.1, 0.15) is 0 Å². The van der Waals surface area contributed by atoms with Crippen molar-refractivity contribution in [3.05, 3.63) is 54.1 Å². The molecular weight excluding hydrogens is 204 g/mol. The monoisotopic (exact) mass is 214 g/mol. The summed E-state index contributed by atoms with van der Waals surface area (Å²) in [5.41, 5.74) is 1.04. The average molecular weight is 214 g/mol. The third-order valence-corrected chi connectivity index (χ3v) is 2.38. The van der Waals surface area contributed by atoms with Gasteiger partial charge in [-0.2, -0.15) is 0 Å². The maximum atomic E-state index is 10.7. The second-order valence-corrected chi connectivity index (χ2v) is 3.68. The fraction of sp³-hybridized carbons (Fsp3) is 0. The number of rotatable bonds is 2. The first-order valence-electron chi connectivity index (χ1n) is 4.66. The van der Waals surface area contributed by atoms with Crippen LogP contribution in [0.4, 0.5) is 0 Å². The first-order valence-corrected chi connectivity index (χ1v) is 5.11. The van der Waals surface area contributed by atoms with Crippen LogP contribution >= 0.6 is 12.6 Å². The van der Waals surface area contributed by atoms with Crippen molar-refractivity contribution in [2.24, 2.45) is 0 Å². The fourth-order valence-electron chi connectivity index (χ4n) is 1.56. The van der Waals surface area contributed by atoms with Gasteiger partial charge in [0.25, 0.3) is 0 Å². The summed E-state index contributed by atoms with van der Waals surface area (Å²) in [6.45, 7) is 0. The standard InChI is InChI=1S/C13H10OS/c14-13(15)9-8-11-6-3-5-10-4-1-2-7-12(10)11/h1-9H,(H,14,15)/b9-8+. The summed E-state index contributed by atoms with van der Waals surface area (Å²) in [6.07, 6.45) is 3.25. The van der Waals surface area contributed by atoms with Crippen molar-refractivity contribution in [2.75, 3.05) is 0 Å². The van der Waals surface area contributed by atoms with Crippen LogP contribution in [0.2, 0.25) is 0 Å². The largest absolute Gasteiger partial charge is 0.283 e. The summed E-state index contributed by atoms with van der Waals surface area (Å²) in [5, 5.41) is 2.08. The van der Waals surface area contributed by atoms with E-state index in [0.29, 0.717) is 0 Å². The van der Waals surface area contributed by atoms with Crippen molar-refractivity contribution >= 4 is 34.6 Å². The molecule has 0 aliphatic heterocycles. The third kappa shape index (κ3) is 2.28. The number of hydrogen-bond acceptors (Lipinski definition) is 1. The highest BCUT2D eigenvalue weighted by Crippen LogP contribution is 2.19. The molecule has 0 saturated heterocycles. The van der Waals surface area contributed by atoms with E-state index in [1.54, 1.807) is 6.08 Å². The second kappa shape index (κ2) is 4.32. The zero-order chi connectivity index (χ0) is 10.7. The molecule has 0 spiro atoms. The minimum atomic E-state index is -0.233. The lowest BCUT2D eigenvalue weighted by Crippen LogP contribution is -1.79. The number of fused-ring (bicyclic) bond motifs is 1. The molecule has 0 heterocycles. The molecule has 0 fully saturated rings. The predicted octanol–water partition coefficient (Wildman–Crippen LogP) is 3.31. The molecule has 2 heteroatoms. The molecule has 74 valence electrons. The van der Waals surface area contributed by atoms with Gasteiger partial charge in [-0.05, 0) is 28.5 Å². The van der Waals surface area contributed by atoms with Crippen LogP contribution in [0, 0.1) is 0 Å². The Bertz CT molecular complexity index is 524. The number of carbonyl (C=O) groups excluding carboxylic acids is 1. The molecule has 0 aromatic heterocycles. The molecule has 0 aliphatic carbocycles. The molecule has 0 bridgehead atoms. The van der Waals surface area contributed by atoms with Crippen molar-refractivity contribution in [3.63, 3.8) is 0 Å². The molecule has 0 unspecified atom stereocenters. The van der Waals surface area contributed by atoms with E-state index in [2.05, 4.69) is 24.8 Å². The molecule has 15 heavy (non-hydrogen) atoms. The molecule has 0 aliphatic rings. The van der Waals surface area contributed by atoms with Crippen molar-refractivity contribution in [1.82, 2.24) is 0 Å². The summed E-state index contributed by atoms with van der Waals surface area (Å²) in [6, 6.07) is 14.1. The number of carbonyl (C=O) groups is 1. The van der Waals surface area contributed by atoms with Gasteiger partial charge in [-0.1, -0.05) is 42.5 Å². The van der Waals surface area contributed by atoms with E-state index in [9.17, 15) is 4.79 Å². The minimum Gasteiger partial charge on any atom is -0.283 e. The van der Waals surface area contributed by atoms with Gasteiger partial charge in [0, 0.05) is 0 Å². The van der Waals surface area contributed by atoms with Crippen LogP contribution in [0.25, 0.3) is 16.8 Å². The highest BCUT2D eigenvalue weighted by atomic mass is 32.1. The first-order chi connectivity index (χ1) is 7.27. The molecule has 0 amide bonds. The number of hydrogen-bond donors (Lipinski definition) is 1. The molecule has 0 atom stereocenters. The zero-order valence-electron chi connectivity index (χ0n) is 8.05.